The number of halogens is 1. The molecule has 152 valence electrons. The number of carbonyl (C=O) groups is 2. The Morgan fingerprint density at radius 1 is 1.10 bits per heavy atom. The maximum atomic E-state index is 11.8. The van der Waals surface area contributed by atoms with Crippen molar-refractivity contribution in [2.24, 2.45) is 0 Å². The van der Waals surface area contributed by atoms with Gasteiger partial charge in [-0.2, -0.15) is 0 Å². The summed E-state index contributed by atoms with van der Waals surface area (Å²) in [5, 5.41) is 2.35. The largest absolute Gasteiger partial charge is 0.490 e. The van der Waals surface area contributed by atoms with Gasteiger partial charge in [-0.1, -0.05) is 37.6 Å². The van der Waals surface area contributed by atoms with E-state index < -0.39 is 11.1 Å². The van der Waals surface area contributed by atoms with Crippen LogP contribution in [-0.2, 0) is 4.79 Å². The Bertz CT molecular complexity index is 927. The van der Waals surface area contributed by atoms with Gasteiger partial charge < -0.3 is 9.47 Å². The van der Waals surface area contributed by atoms with E-state index in [0.717, 1.165) is 23.9 Å². The van der Waals surface area contributed by atoms with Crippen molar-refractivity contribution < 1.29 is 19.1 Å². The summed E-state index contributed by atoms with van der Waals surface area (Å²) in [6.07, 6.45) is 2.70. The highest BCUT2D eigenvalue weighted by atomic mass is 35.5. The van der Waals surface area contributed by atoms with E-state index in [9.17, 15) is 9.59 Å². The molecule has 1 N–H and O–H groups in total. The SMILES string of the molecule is CC[C@H](C)c1ccc(OCCOc2ccc(Cl)cc2/C=C2\SC(=O)NC2=O)cc1. The molecule has 1 atom stereocenters. The van der Waals surface area contributed by atoms with Crippen molar-refractivity contribution in [3.8, 4) is 11.5 Å². The third kappa shape index (κ3) is 5.78. The van der Waals surface area contributed by atoms with Gasteiger partial charge in [0.1, 0.15) is 24.7 Å². The summed E-state index contributed by atoms with van der Waals surface area (Å²) >= 11 is 6.92. The Labute approximate surface area is 179 Å². The lowest BCUT2D eigenvalue weighted by Crippen LogP contribution is -2.17. The molecule has 3 rings (SSSR count). The van der Waals surface area contributed by atoms with Crippen LogP contribution in [0.4, 0.5) is 4.79 Å². The quantitative estimate of drug-likeness (QED) is 0.433. The number of nitrogens with one attached hydrogen (secondary N) is 1. The first kappa shape index (κ1) is 21.3. The van der Waals surface area contributed by atoms with Crippen molar-refractivity contribution in [2.75, 3.05) is 13.2 Å². The summed E-state index contributed by atoms with van der Waals surface area (Å²) in [5.41, 5.74) is 1.92. The van der Waals surface area contributed by atoms with Crippen molar-refractivity contribution >= 4 is 40.6 Å². The Hall–Kier alpha value is -2.44. The number of ether oxygens (including phenoxy) is 2. The first-order valence-electron chi connectivity index (χ1n) is 9.36. The number of imide groups is 1. The van der Waals surface area contributed by atoms with Gasteiger partial charge >= 0.3 is 0 Å². The van der Waals surface area contributed by atoms with E-state index >= 15 is 0 Å². The number of amides is 2. The molecule has 1 fully saturated rings. The average molecular weight is 432 g/mol. The first-order chi connectivity index (χ1) is 14.0. The summed E-state index contributed by atoms with van der Waals surface area (Å²) in [6, 6.07) is 13.2. The zero-order chi connectivity index (χ0) is 20.8. The van der Waals surface area contributed by atoms with E-state index in [2.05, 4.69) is 31.3 Å². The number of carbonyl (C=O) groups excluding carboxylic acids is 2. The fourth-order valence-corrected chi connectivity index (χ4v) is 3.62. The van der Waals surface area contributed by atoms with Crippen LogP contribution in [0.25, 0.3) is 6.08 Å². The van der Waals surface area contributed by atoms with Crippen LogP contribution in [0, 0.1) is 0 Å². The zero-order valence-corrected chi connectivity index (χ0v) is 17.8. The van der Waals surface area contributed by atoms with Crippen LogP contribution < -0.4 is 14.8 Å². The second-order valence-corrected chi connectivity index (χ2v) is 8.06. The molecule has 1 saturated heterocycles. The van der Waals surface area contributed by atoms with Crippen LogP contribution in [0.3, 0.4) is 0 Å². The number of hydrogen-bond donors (Lipinski definition) is 1. The predicted octanol–water partition coefficient (Wildman–Crippen LogP) is 5.64. The normalized spacial score (nSPS) is 16.0. The van der Waals surface area contributed by atoms with Crippen LogP contribution in [0.2, 0.25) is 5.02 Å². The Morgan fingerprint density at radius 3 is 2.48 bits per heavy atom. The Balaban J connectivity index is 1.59. The molecule has 0 spiro atoms. The highest BCUT2D eigenvalue weighted by Crippen LogP contribution is 2.31. The summed E-state index contributed by atoms with van der Waals surface area (Å²) in [6.45, 7) is 5.06. The highest BCUT2D eigenvalue weighted by Gasteiger charge is 2.25. The van der Waals surface area contributed by atoms with Crippen LogP contribution >= 0.6 is 23.4 Å². The molecule has 0 bridgehead atoms. The summed E-state index contributed by atoms with van der Waals surface area (Å²) in [4.78, 5) is 23.4. The number of benzene rings is 2. The van der Waals surface area contributed by atoms with Crippen LogP contribution in [-0.4, -0.2) is 24.4 Å². The Kier molecular flexibility index (Phi) is 7.23. The van der Waals surface area contributed by atoms with E-state index in [1.165, 1.54) is 5.56 Å². The first-order valence-corrected chi connectivity index (χ1v) is 10.6. The number of rotatable bonds is 8. The molecule has 0 aliphatic carbocycles. The second-order valence-electron chi connectivity index (χ2n) is 6.61. The van der Waals surface area contributed by atoms with Gasteiger partial charge in [-0.15, -0.1) is 0 Å². The van der Waals surface area contributed by atoms with E-state index in [0.29, 0.717) is 40.4 Å². The molecule has 0 radical (unpaired) electrons. The monoisotopic (exact) mass is 431 g/mol. The van der Waals surface area contributed by atoms with Gasteiger partial charge in [0, 0.05) is 10.6 Å². The van der Waals surface area contributed by atoms with Crippen molar-refractivity contribution in [3.63, 3.8) is 0 Å². The minimum absolute atomic E-state index is 0.305. The molecule has 0 saturated carbocycles. The minimum atomic E-state index is -0.421. The van der Waals surface area contributed by atoms with Gasteiger partial charge in [0.25, 0.3) is 11.1 Å². The summed E-state index contributed by atoms with van der Waals surface area (Å²) < 4.78 is 11.6. The van der Waals surface area contributed by atoms with Gasteiger partial charge in [-0.3, -0.25) is 14.9 Å². The lowest BCUT2D eigenvalue weighted by atomic mass is 9.99. The van der Waals surface area contributed by atoms with Crippen LogP contribution in [0.1, 0.15) is 37.3 Å². The summed E-state index contributed by atoms with van der Waals surface area (Å²) in [7, 11) is 0. The average Bonchev–Trinajstić information content (AvgIpc) is 3.03. The van der Waals surface area contributed by atoms with Gasteiger partial charge in [0.15, 0.2) is 0 Å². The molecule has 29 heavy (non-hydrogen) atoms. The number of thioether (sulfide) groups is 1. The maximum absolute atomic E-state index is 11.8. The molecule has 7 heteroatoms. The molecule has 1 aliphatic heterocycles. The lowest BCUT2D eigenvalue weighted by molar-refractivity contribution is -0.115. The molecule has 5 nitrogen and oxygen atoms in total. The maximum Gasteiger partial charge on any atom is 0.290 e. The Morgan fingerprint density at radius 2 is 1.83 bits per heavy atom. The standard InChI is InChI=1S/C22H22ClNO4S/c1-3-14(2)15-4-7-18(8-5-15)27-10-11-28-19-9-6-17(23)12-16(19)13-20-21(25)24-22(26)29-20/h4-9,12-14H,3,10-11H2,1-2H3,(H,24,25,26)/b20-13-/t14-/m0/s1. The van der Waals surface area contributed by atoms with E-state index in [-0.39, 0.29) is 0 Å². The molecular formula is C22H22ClNO4S. The van der Waals surface area contributed by atoms with Crippen molar-refractivity contribution in [1.82, 2.24) is 5.32 Å². The molecule has 2 amide bonds. The minimum Gasteiger partial charge on any atom is -0.490 e. The molecular weight excluding hydrogens is 410 g/mol. The molecule has 1 aliphatic rings. The molecule has 1 heterocycles. The van der Waals surface area contributed by atoms with E-state index in [1.54, 1.807) is 24.3 Å². The topological polar surface area (TPSA) is 64.6 Å². The van der Waals surface area contributed by atoms with Gasteiger partial charge in [-0.25, -0.2) is 0 Å². The number of hydrogen-bond acceptors (Lipinski definition) is 5. The highest BCUT2D eigenvalue weighted by molar-refractivity contribution is 8.18. The van der Waals surface area contributed by atoms with Gasteiger partial charge in [0.2, 0.25) is 0 Å². The molecule has 0 unspecified atom stereocenters. The van der Waals surface area contributed by atoms with Crippen molar-refractivity contribution in [1.29, 1.82) is 0 Å². The van der Waals surface area contributed by atoms with Gasteiger partial charge in [-0.05, 0) is 66.1 Å². The van der Waals surface area contributed by atoms with Crippen LogP contribution in [0.15, 0.2) is 47.4 Å². The third-order valence-electron chi connectivity index (χ3n) is 4.57. The van der Waals surface area contributed by atoms with E-state index in [1.807, 2.05) is 12.1 Å². The fraction of sp³-hybridized carbons (Fsp3) is 0.273. The smallest absolute Gasteiger partial charge is 0.290 e. The van der Waals surface area contributed by atoms with E-state index in [4.69, 9.17) is 21.1 Å². The zero-order valence-electron chi connectivity index (χ0n) is 16.2. The molecule has 2 aromatic rings. The van der Waals surface area contributed by atoms with Crippen LogP contribution in [0.5, 0.6) is 11.5 Å². The lowest BCUT2D eigenvalue weighted by Gasteiger charge is -2.12. The predicted molar refractivity (Wildman–Crippen MR) is 117 cm³/mol. The second kappa shape index (κ2) is 9.85. The molecule has 0 aromatic heterocycles. The van der Waals surface area contributed by atoms with Crippen molar-refractivity contribution in [3.05, 3.63) is 63.5 Å². The van der Waals surface area contributed by atoms with Gasteiger partial charge in [0.05, 0.1) is 4.91 Å². The summed E-state index contributed by atoms with van der Waals surface area (Å²) in [5.74, 6) is 1.46. The van der Waals surface area contributed by atoms with Crippen molar-refractivity contribution in [2.45, 2.75) is 26.2 Å². The fourth-order valence-electron chi connectivity index (χ4n) is 2.77. The third-order valence-corrected chi connectivity index (χ3v) is 5.62. The molecule has 2 aromatic carbocycles.